The van der Waals surface area contributed by atoms with Crippen LogP contribution in [-0.4, -0.2) is 52.3 Å². The van der Waals surface area contributed by atoms with Gasteiger partial charge in [0.1, 0.15) is 17.2 Å². The number of halogens is 1. The smallest absolute Gasteiger partial charge is 0.311 e. The zero-order chi connectivity index (χ0) is 23.3. The molecule has 9 nitrogen and oxygen atoms in total. The number of rotatable bonds is 8. The molecule has 1 N–H and O–H groups in total. The molecule has 0 unspecified atom stereocenters. The van der Waals surface area contributed by atoms with Gasteiger partial charge in [-0.15, -0.1) is 0 Å². The maximum Gasteiger partial charge on any atom is 0.311 e. The lowest BCUT2D eigenvalue weighted by Gasteiger charge is -2.20. The predicted octanol–water partition coefficient (Wildman–Crippen LogP) is 2.90. The Bertz CT molecular complexity index is 1030. The van der Waals surface area contributed by atoms with Gasteiger partial charge >= 0.3 is 5.97 Å². The van der Waals surface area contributed by atoms with Gasteiger partial charge < -0.3 is 29.2 Å². The van der Waals surface area contributed by atoms with Crippen molar-refractivity contribution in [2.75, 3.05) is 44.7 Å². The van der Waals surface area contributed by atoms with Crippen LogP contribution in [0.5, 0.6) is 17.2 Å². The summed E-state index contributed by atoms with van der Waals surface area (Å²) in [5.41, 5.74) is 0.853. The highest BCUT2D eigenvalue weighted by atomic mass is 35.5. The van der Waals surface area contributed by atoms with Crippen LogP contribution in [0.4, 0.5) is 11.4 Å². The van der Waals surface area contributed by atoms with E-state index in [1.807, 2.05) is 0 Å². The van der Waals surface area contributed by atoms with Gasteiger partial charge in [-0.05, 0) is 30.3 Å². The Morgan fingerprint density at radius 1 is 1.06 bits per heavy atom. The minimum absolute atomic E-state index is 0.0388. The van der Waals surface area contributed by atoms with Gasteiger partial charge in [0.15, 0.2) is 6.61 Å². The van der Waals surface area contributed by atoms with E-state index in [0.717, 1.165) is 0 Å². The molecule has 1 atom stereocenters. The summed E-state index contributed by atoms with van der Waals surface area (Å²) < 4.78 is 20.8. The molecular formula is C22H23ClN2O7. The first-order chi connectivity index (χ1) is 15.4. The lowest BCUT2D eigenvalue weighted by atomic mass is 10.1. The van der Waals surface area contributed by atoms with Gasteiger partial charge in [0, 0.05) is 24.1 Å². The standard InChI is InChI=1S/C22H23ClN2O7/c1-29-15-5-7-19(31-3)17(10-15)25-11-13(8-21(25)27)22(28)32-12-20(26)24-16-9-14(23)4-6-18(16)30-2/h4-7,9-10,13H,8,11-12H2,1-3H3,(H,24,26)/t13-/m0/s1. The Hall–Kier alpha value is -3.46. The third kappa shape index (κ3) is 5.23. The molecule has 1 heterocycles. The average molecular weight is 463 g/mol. The topological polar surface area (TPSA) is 103 Å². The van der Waals surface area contributed by atoms with Crippen molar-refractivity contribution in [1.29, 1.82) is 0 Å². The third-order valence-corrected chi connectivity index (χ3v) is 5.15. The zero-order valence-electron chi connectivity index (χ0n) is 17.8. The van der Waals surface area contributed by atoms with E-state index in [4.69, 9.17) is 30.5 Å². The van der Waals surface area contributed by atoms with Gasteiger partial charge in [0.05, 0.1) is 38.6 Å². The highest BCUT2D eigenvalue weighted by Crippen LogP contribution is 2.36. The van der Waals surface area contributed by atoms with Gasteiger partial charge in [-0.25, -0.2) is 0 Å². The Morgan fingerprint density at radius 2 is 1.78 bits per heavy atom. The molecule has 0 aliphatic carbocycles. The molecule has 1 saturated heterocycles. The number of nitrogens with one attached hydrogen (secondary N) is 1. The van der Waals surface area contributed by atoms with Gasteiger partial charge in [-0.3, -0.25) is 14.4 Å². The first-order valence-corrected chi connectivity index (χ1v) is 10.1. The molecule has 0 spiro atoms. The molecule has 1 aliphatic rings. The fourth-order valence-electron chi connectivity index (χ4n) is 3.32. The number of ether oxygens (including phenoxy) is 4. The first-order valence-electron chi connectivity index (χ1n) is 9.68. The largest absolute Gasteiger partial charge is 0.497 e. The normalized spacial score (nSPS) is 15.3. The maximum absolute atomic E-state index is 12.6. The second-order valence-corrected chi connectivity index (χ2v) is 7.38. The minimum atomic E-state index is -0.716. The Kier molecular flexibility index (Phi) is 7.42. The molecule has 0 radical (unpaired) electrons. The number of hydrogen-bond donors (Lipinski definition) is 1. The molecule has 0 bridgehead atoms. The van der Waals surface area contributed by atoms with Crippen molar-refractivity contribution in [3.63, 3.8) is 0 Å². The van der Waals surface area contributed by atoms with Crippen LogP contribution in [0, 0.1) is 5.92 Å². The summed E-state index contributed by atoms with van der Waals surface area (Å²) in [7, 11) is 4.46. The number of carbonyl (C=O) groups excluding carboxylic acids is 3. The molecule has 10 heteroatoms. The molecule has 3 rings (SSSR count). The molecule has 0 aromatic heterocycles. The van der Waals surface area contributed by atoms with Crippen molar-refractivity contribution < 1.29 is 33.3 Å². The zero-order valence-corrected chi connectivity index (χ0v) is 18.6. The second kappa shape index (κ2) is 10.2. The SMILES string of the molecule is COc1ccc(OC)c(N2C[C@@H](C(=O)OCC(=O)Nc3cc(Cl)ccc3OC)CC2=O)c1. The Balaban J connectivity index is 1.61. The number of nitrogens with zero attached hydrogens (tertiary/aromatic N) is 1. The molecule has 0 saturated carbocycles. The summed E-state index contributed by atoms with van der Waals surface area (Å²) >= 11 is 5.94. The minimum Gasteiger partial charge on any atom is -0.497 e. The van der Waals surface area contributed by atoms with Crippen molar-refractivity contribution in [3.05, 3.63) is 41.4 Å². The van der Waals surface area contributed by atoms with Crippen LogP contribution in [0.3, 0.4) is 0 Å². The number of methoxy groups -OCH3 is 3. The van der Waals surface area contributed by atoms with E-state index in [-0.39, 0.29) is 18.9 Å². The lowest BCUT2D eigenvalue weighted by molar-refractivity contribution is -0.151. The van der Waals surface area contributed by atoms with Gasteiger partial charge in [-0.1, -0.05) is 11.6 Å². The van der Waals surface area contributed by atoms with Crippen LogP contribution >= 0.6 is 11.6 Å². The van der Waals surface area contributed by atoms with Crippen molar-refractivity contribution in [1.82, 2.24) is 0 Å². The lowest BCUT2D eigenvalue weighted by Crippen LogP contribution is -2.28. The number of esters is 1. The molecule has 1 fully saturated rings. The summed E-state index contributed by atoms with van der Waals surface area (Å²) in [4.78, 5) is 38.7. The molecule has 32 heavy (non-hydrogen) atoms. The van der Waals surface area contributed by atoms with Gasteiger partial charge in [-0.2, -0.15) is 0 Å². The Labute approximate surface area is 190 Å². The quantitative estimate of drug-likeness (QED) is 0.601. The monoisotopic (exact) mass is 462 g/mol. The van der Waals surface area contributed by atoms with Crippen molar-refractivity contribution in [3.8, 4) is 17.2 Å². The van der Waals surface area contributed by atoms with Gasteiger partial charge in [0.2, 0.25) is 5.91 Å². The number of hydrogen-bond acceptors (Lipinski definition) is 7. The summed E-state index contributed by atoms with van der Waals surface area (Å²) in [5.74, 6) is -0.738. The van der Waals surface area contributed by atoms with E-state index < -0.39 is 24.4 Å². The average Bonchev–Trinajstić information content (AvgIpc) is 3.18. The summed E-state index contributed by atoms with van der Waals surface area (Å²) in [6, 6.07) is 9.81. The van der Waals surface area contributed by atoms with E-state index in [1.165, 1.54) is 32.3 Å². The second-order valence-electron chi connectivity index (χ2n) is 6.94. The number of benzene rings is 2. The summed E-state index contributed by atoms with van der Waals surface area (Å²) in [6.45, 7) is -0.410. The molecule has 2 aromatic rings. The van der Waals surface area contributed by atoms with Gasteiger partial charge in [0.25, 0.3) is 5.91 Å². The summed E-state index contributed by atoms with van der Waals surface area (Å²) in [5, 5.41) is 3.00. The fraction of sp³-hybridized carbons (Fsp3) is 0.318. The van der Waals surface area contributed by atoms with Crippen LogP contribution < -0.4 is 24.4 Å². The van der Waals surface area contributed by atoms with Crippen LogP contribution in [-0.2, 0) is 19.1 Å². The number of amides is 2. The number of anilines is 2. The molecule has 2 aromatic carbocycles. The van der Waals surface area contributed by atoms with Crippen molar-refractivity contribution >= 4 is 40.8 Å². The third-order valence-electron chi connectivity index (χ3n) is 4.92. The van der Waals surface area contributed by atoms with E-state index in [0.29, 0.717) is 33.6 Å². The Morgan fingerprint density at radius 3 is 2.47 bits per heavy atom. The van der Waals surface area contributed by atoms with Crippen LogP contribution in [0.1, 0.15) is 6.42 Å². The van der Waals surface area contributed by atoms with E-state index in [2.05, 4.69) is 5.32 Å². The highest BCUT2D eigenvalue weighted by molar-refractivity contribution is 6.31. The molecule has 2 amide bonds. The molecule has 170 valence electrons. The van der Waals surface area contributed by atoms with E-state index in [1.54, 1.807) is 30.3 Å². The number of carbonyl (C=O) groups is 3. The molecule has 1 aliphatic heterocycles. The predicted molar refractivity (Wildman–Crippen MR) is 118 cm³/mol. The van der Waals surface area contributed by atoms with Crippen molar-refractivity contribution in [2.24, 2.45) is 5.92 Å². The van der Waals surface area contributed by atoms with Crippen LogP contribution in [0.25, 0.3) is 0 Å². The maximum atomic E-state index is 12.6. The van der Waals surface area contributed by atoms with Crippen LogP contribution in [0.2, 0.25) is 5.02 Å². The van der Waals surface area contributed by atoms with E-state index in [9.17, 15) is 14.4 Å². The fourth-order valence-corrected chi connectivity index (χ4v) is 3.50. The van der Waals surface area contributed by atoms with Crippen LogP contribution in [0.15, 0.2) is 36.4 Å². The van der Waals surface area contributed by atoms with Crippen molar-refractivity contribution in [2.45, 2.75) is 6.42 Å². The van der Waals surface area contributed by atoms with E-state index >= 15 is 0 Å². The first kappa shape index (κ1) is 23.2. The molecular weight excluding hydrogens is 440 g/mol. The highest BCUT2D eigenvalue weighted by Gasteiger charge is 2.37. The summed E-state index contributed by atoms with van der Waals surface area (Å²) in [6.07, 6.45) is -0.0388.